The van der Waals surface area contributed by atoms with E-state index >= 15 is 0 Å². The van der Waals surface area contributed by atoms with Crippen LogP contribution in [0.25, 0.3) is 0 Å². The lowest BCUT2D eigenvalue weighted by Crippen LogP contribution is -2.51. The molecule has 1 saturated heterocycles. The quantitative estimate of drug-likeness (QED) is 0.743. The molecule has 0 bridgehead atoms. The fourth-order valence-electron chi connectivity index (χ4n) is 1.77. The minimum atomic E-state index is -3.40. The van der Waals surface area contributed by atoms with Crippen molar-refractivity contribution in [1.82, 2.24) is 9.03 Å². The van der Waals surface area contributed by atoms with E-state index in [1.54, 1.807) is 13.8 Å². The molecule has 1 fully saturated rings. The fraction of sp³-hybridized carbons (Fsp3) is 1.00. The zero-order valence-electron chi connectivity index (χ0n) is 9.44. The third kappa shape index (κ3) is 3.71. The maximum Gasteiger partial charge on any atom is 0.281 e. The summed E-state index contributed by atoms with van der Waals surface area (Å²) in [5.74, 6) is 0. The predicted octanol–water partition coefficient (Wildman–Crippen LogP) is 0.390. The van der Waals surface area contributed by atoms with Gasteiger partial charge in [-0.2, -0.15) is 17.4 Å². The van der Waals surface area contributed by atoms with Crippen molar-refractivity contribution in [1.29, 1.82) is 0 Å². The van der Waals surface area contributed by atoms with Crippen LogP contribution in [0.5, 0.6) is 0 Å². The van der Waals surface area contributed by atoms with Crippen molar-refractivity contribution in [2.45, 2.75) is 51.7 Å². The molecule has 0 aromatic carbocycles. The van der Waals surface area contributed by atoms with Crippen LogP contribution in [0.4, 0.5) is 0 Å². The lowest BCUT2D eigenvalue weighted by atomic mass is 10.2. The fourth-order valence-corrected chi connectivity index (χ4v) is 3.33. The monoisotopic (exact) mass is 235 g/mol. The smallest absolute Gasteiger partial charge is 0.281 e. The SMILES string of the molecule is CC(C)NS(=O)(=O)N1CCCCCC1N. The first kappa shape index (κ1) is 12.9. The predicted molar refractivity (Wildman–Crippen MR) is 60.3 cm³/mol. The van der Waals surface area contributed by atoms with Crippen molar-refractivity contribution in [3.8, 4) is 0 Å². The Morgan fingerprint density at radius 1 is 1.33 bits per heavy atom. The van der Waals surface area contributed by atoms with E-state index in [1.165, 1.54) is 4.31 Å². The molecule has 0 aliphatic carbocycles. The largest absolute Gasteiger partial charge is 0.315 e. The summed E-state index contributed by atoms with van der Waals surface area (Å²) < 4.78 is 27.7. The van der Waals surface area contributed by atoms with Gasteiger partial charge in [-0.1, -0.05) is 12.8 Å². The second-order valence-corrected chi connectivity index (χ2v) is 5.96. The highest BCUT2D eigenvalue weighted by atomic mass is 32.2. The number of hydrogen-bond donors (Lipinski definition) is 2. The van der Waals surface area contributed by atoms with Gasteiger partial charge in [0.25, 0.3) is 10.2 Å². The van der Waals surface area contributed by atoms with E-state index in [4.69, 9.17) is 5.73 Å². The lowest BCUT2D eigenvalue weighted by molar-refractivity contribution is 0.323. The molecule has 1 heterocycles. The highest BCUT2D eigenvalue weighted by Crippen LogP contribution is 2.16. The summed E-state index contributed by atoms with van der Waals surface area (Å²) in [6, 6.07) is -0.0922. The summed E-state index contributed by atoms with van der Waals surface area (Å²) in [7, 11) is -3.40. The molecule has 0 aromatic heterocycles. The van der Waals surface area contributed by atoms with Gasteiger partial charge in [-0.05, 0) is 26.7 Å². The first-order valence-electron chi connectivity index (χ1n) is 5.48. The van der Waals surface area contributed by atoms with Gasteiger partial charge in [0.2, 0.25) is 0 Å². The molecule has 3 N–H and O–H groups in total. The summed E-state index contributed by atoms with van der Waals surface area (Å²) >= 11 is 0. The molecular formula is C9H21N3O2S. The number of nitrogens with two attached hydrogens (primary N) is 1. The molecule has 5 nitrogen and oxygen atoms in total. The maximum atomic E-state index is 11.9. The topological polar surface area (TPSA) is 75.4 Å². The van der Waals surface area contributed by atoms with E-state index in [0.29, 0.717) is 6.54 Å². The average Bonchev–Trinajstić information content (AvgIpc) is 2.27. The molecule has 0 aromatic rings. The zero-order chi connectivity index (χ0) is 11.5. The van der Waals surface area contributed by atoms with E-state index < -0.39 is 10.2 Å². The number of hydrogen-bond acceptors (Lipinski definition) is 3. The van der Waals surface area contributed by atoms with Crippen molar-refractivity contribution < 1.29 is 8.42 Å². The second kappa shape index (κ2) is 5.25. The van der Waals surface area contributed by atoms with Gasteiger partial charge in [-0.25, -0.2) is 0 Å². The molecule has 1 aliphatic rings. The molecule has 1 aliphatic heterocycles. The molecule has 1 rings (SSSR count). The highest BCUT2D eigenvalue weighted by molar-refractivity contribution is 7.87. The van der Waals surface area contributed by atoms with Crippen molar-refractivity contribution >= 4 is 10.2 Å². The first-order valence-corrected chi connectivity index (χ1v) is 6.92. The minimum absolute atomic E-state index is 0.0922. The highest BCUT2D eigenvalue weighted by Gasteiger charge is 2.28. The van der Waals surface area contributed by atoms with Crippen LogP contribution >= 0.6 is 0 Å². The van der Waals surface area contributed by atoms with Gasteiger partial charge >= 0.3 is 0 Å². The van der Waals surface area contributed by atoms with Gasteiger partial charge in [0.1, 0.15) is 0 Å². The van der Waals surface area contributed by atoms with Gasteiger partial charge in [-0.3, -0.25) is 0 Å². The Labute approximate surface area is 92.2 Å². The van der Waals surface area contributed by atoms with Gasteiger partial charge in [0.05, 0.1) is 6.17 Å². The second-order valence-electron chi connectivity index (χ2n) is 4.30. The third-order valence-electron chi connectivity index (χ3n) is 2.44. The average molecular weight is 235 g/mol. The van der Waals surface area contributed by atoms with Crippen LogP contribution in [0.1, 0.15) is 39.5 Å². The molecule has 0 saturated carbocycles. The summed E-state index contributed by atoms with van der Waals surface area (Å²) in [5, 5.41) is 0. The third-order valence-corrected chi connectivity index (χ3v) is 4.28. The van der Waals surface area contributed by atoms with Crippen molar-refractivity contribution in [2.75, 3.05) is 6.54 Å². The maximum absolute atomic E-state index is 11.9. The van der Waals surface area contributed by atoms with Gasteiger partial charge < -0.3 is 5.73 Å². The molecule has 0 radical (unpaired) electrons. The molecular weight excluding hydrogens is 214 g/mol. The van der Waals surface area contributed by atoms with E-state index in [-0.39, 0.29) is 12.2 Å². The summed E-state index contributed by atoms with van der Waals surface area (Å²) in [6.07, 6.45) is 3.34. The van der Waals surface area contributed by atoms with Crippen LogP contribution in [0.3, 0.4) is 0 Å². The van der Waals surface area contributed by atoms with Crippen LogP contribution in [-0.2, 0) is 10.2 Å². The Kier molecular flexibility index (Phi) is 4.51. The van der Waals surface area contributed by atoms with E-state index in [2.05, 4.69) is 4.72 Å². The summed E-state index contributed by atoms with van der Waals surface area (Å²) in [6.45, 7) is 4.14. The van der Waals surface area contributed by atoms with Crippen LogP contribution in [0.15, 0.2) is 0 Å². The molecule has 15 heavy (non-hydrogen) atoms. The Bertz CT molecular complexity index is 290. The Morgan fingerprint density at radius 3 is 2.60 bits per heavy atom. The minimum Gasteiger partial charge on any atom is -0.315 e. The standard InChI is InChI=1S/C9H21N3O2S/c1-8(2)11-15(13,14)12-7-5-3-4-6-9(12)10/h8-9,11H,3-7,10H2,1-2H3. The summed E-state index contributed by atoms with van der Waals surface area (Å²) in [4.78, 5) is 0. The van der Waals surface area contributed by atoms with Crippen molar-refractivity contribution in [2.24, 2.45) is 5.73 Å². The van der Waals surface area contributed by atoms with Crippen molar-refractivity contribution in [3.63, 3.8) is 0 Å². The molecule has 90 valence electrons. The Morgan fingerprint density at radius 2 is 2.00 bits per heavy atom. The van der Waals surface area contributed by atoms with Gasteiger partial charge in [-0.15, -0.1) is 0 Å². The van der Waals surface area contributed by atoms with E-state index in [0.717, 1.165) is 25.7 Å². The molecule has 0 amide bonds. The van der Waals surface area contributed by atoms with Crippen molar-refractivity contribution in [3.05, 3.63) is 0 Å². The molecule has 1 unspecified atom stereocenters. The number of rotatable bonds is 3. The van der Waals surface area contributed by atoms with E-state index in [9.17, 15) is 8.42 Å². The van der Waals surface area contributed by atoms with E-state index in [1.807, 2.05) is 0 Å². The zero-order valence-corrected chi connectivity index (χ0v) is 10.3. The molecule has 6 heteroatoms. The lowest BCUT2D eigenvalue weighted by Gasteiger charge is -2.26. The first-order chi connectivity index (χ1) is 6.93. The molecule has 0 spiro atoms. The Balaban J connectivity index is 2.74. The number of nitrogens with zero attached hydrogens (tertiary/aromatic N) is 1. The molecule has 1 atom stereocenters. The number of nitrogens with one attached hydrogen (secondary N) is 1. The Hall–Kier alpha value is -0.170. The van der Waals surface area contributed by atoms with Crippen LogP contribution in [-0.4, -0.2) is 31.5 Å². The van der Waals surface area contributed by atoms with Crippen LogP contribution < -0.4 is 10.5 Å². The van der Waals surface area contributed by atoms with Crippen LogP contribution in [0, 0.1) is 0 Å². The summed E-state index contributed by atoms with van der Waals surface area (Å²) in [5.41, 5.74) is 5.85. The van der Waals surface area contributed by atoms with Crippen LogP contribution in [0.2, 0.25) is 0 Å². The van der Waals surface area contributed by atoms with Gasteiger partial charge in [0.15, 0.2) is 0 Å². The normalized spacial score (nSPS) is 25.5. The van der Waals surface area contributed by atoms with Gasteiger partial charge in [0, 0.05) is 12.6 Å².